The van der Waals surface area contributed by atoms with Crippen LogP contribution in [0, 0.1) is 5.92 Å². The molecule has 1 spiro atoms. The highest BCUT2D eigenvalue weighted by molar-refractivity contribution is 7.88. The summed E-state index contributed by atoms with van der Waals surface area (Å²) in [6.45, 7) is 2.47. The van der Waals surface area contributed by atoms with Crippen LogP contribution in [0.25, 0.3) is 0 Å². The molecule has 128 valence electrons. The minimum absolute atomic E-state index is 0.172. The Balaban J connectivity index is 1.54. The third-order valence-corrected chi connectivity index (χ3v) is 6.29. The minimum Gasteiger partial charge on any atom is -0.478 e. The predicted octanol–water partition coefficient (Wildman–Crippen LogP) is 1.68. The highest BCUT2D eigenvalue weighted by Crippen LogP contribution is 2.42. The van der Waals surface area contributed by atoms with Crippen molar-refractivity contribution in [2.24, 2.45) is 5.92 Å². The highest BCUT2D eigenvalue weighted by Gasteiger charge is 2.46. The molecule has 2 saturated heterocycles. The summed E-state index contributed by atoms with van der Waals surface area (Å²) in [7, 11) is -3.10. The maximum atomic E-state index is 11.7. The van der Waals surface area contributed by atoms with Crippen LogP contribution in [0.5, 0.6) is 5.88 Å². The zero-order valence-electron chi connectivity index (χ0n) is 13.5. The third-order valence-electron chi connectivity index (χ3n) is 4.99. The number of aromatic nitrogens is 1. The van der Waals surface area contributed by atoms with E-state index in [1.807, 2.05) is 18.2 Å². The molecule has 6 nitrogen and oxygen atoms in total. The van der Waals surface area contributed by atoms with Crippen LogP contribution in [-0.4, -0.2) is 55.9 Å². The lowest BCUT2D eigenvalue weighted by Gasteiger charge is -2.41. The van der Waals surface area contributed by atoms with Crippen molar-refractivity contribution in [2.75, 3.05) is 32.6 Å². The Morgan fingerprint density at radius 3 is 2.83 bits per heavy atom. The monoisotopic (exact) mass is 340 g/mol. The van der Waals surface area contributed by atoms with Crippen LogP contribution in [0.1, 0.15) is 25.7 Å². The van der Waals surface area contributed by atoms with E-state index in [0.29, 0.717) is 31.5 Å². The van der Waals surface area contributed by atoms with E-state index in [-0.39, 0.29) is 5.60 Å². The molecule has 0 N–H and O–H groups in total. The molecular formula is C16H24N2O4S. The molecule has 7 heteroatoms. The van der Waals surface area contributed by atoms with Gasteiger partial charge in [0.05, 0.1) is 18.5 Å². The van der Waals surface area contributed by atoms with Gasteiger partial charge >= 0.3 is 0 Å². The number of hydrogen-bond donors (Lipinski definition) is 0. The first-order valence-corrected chi connectivity index (χ1v) is 9.97. The van der Waals surface area contributed by atoms with Crippen LogP contribution in [-0.2, 0) is 14.8 Å². The van der Waals surface area contributed by atoms with Gasteiger partial charge in [-0.3, -0.25) is 0 Å². The van der Waals surface area contributed by atoms with E-state index in [0.717, 1.165) is 32.3 Å². The maximum Gasteiger partial charge on any atom is 0.213 e. The molecular weight excluding hydrogens is 316 g/mol. The zero-order chi connectivity index (χ0) is 16.3. The number of pyridine rings is 1. The van der Waals surface area contributed by atoms with Gasteiger partial charge in [0.2, 0.25) is 15.9 Å². The number of hydrogen-bond acceptors (Lipinski definition) is 5. The number of rotatable bonds is 5. The van der Waals surface area contributed by atoms with Gasteiger partial charge in [0, 0.05) is 32.0 Å². The SMILES string of the molecule is CS(=O)(=O)N1CCC2(CC1)OCCC2CCOc1ccccn1. The van der Waals surface area contributed by atoms with E-state index in [1.54, 1.807) is 10.5 Å². The molecule has 0 aromatic carbocycles. The Hall–Kier alpha value is -1.18. The molecule has 0 aliphatic carbocycles. The van der Waals surface area contributed by atoms with Crippen molar-refractivity contribution >= 4 is 10.0 Å². The van der Waals surface area contributed by atoms with Crippen molar-refractivity contribution in [3.63, 3.8) is 0 Å². The predicted molar refractivity (Wildman–Crippen MR) is 86.8 cm³/mol. The fourth-order valence-corrected chi connectivity index (χ4v) is 4.53. The maximum absolute atomic E-state index is 11.7. The van der Waals surface area contributed by atoms with Crippen molar-refractivity contribution in [3.8, 4) is 5.88 Å². The lowest BCUT2D eigenvalue weighted by Crippen LogP contribution is -2.49. The molecule has 1 atom stereocenters. The Morgan fingerprint density at radius 1 is 1.39 bits per heavy atom. The van der Waals surface area contributed by atoms with E-state index >= 15 is 0 Å². The van der Waals surface area contributed by atoms with E-state index < -0.39 is 10.0 Å². The van der Waals surface area contributed by atoms with Crippen LogP contribution in [0.3, 0.4) is 0 Å². The molecule has 1 unspecified atom stereocenters. The number of piperidine rings is 1. The molecule has 3 heterocycles. The average Bonchev–Trinajstić information content (AvgIpc) is 2.90. The van der Waals surface area contributed by atoms with Gasteiger partial charge < -0.3 is 9.47 Å². The van der Waals surface area contributed by atoms with E-state index in [4.69, 9.17) is 9.47 Å². The van der Waals surface area contributed by atoms with Crippen LogP contribution in [0.2, 0.25) is 0 Å². The largest absolute Gasteiger partial charge is 0.478 e. The van der Waals surface area contributed by atoms with Crippen molar-refractivity contribution in [1.29, 1.82) is 0 Å². The summed E-state index contributed by atoms with van der Waals surface area (Å²) in [5.41, 5.74) is -0.172. The van der Waals surface area contributed by atoms with Crippen LogP contribution >= 0.6 is 0 Å². The van der Waals surface area contributed by atoms with Gasteiger partial charge in [-0.1, -0.05) is 6.07 Å². The molecule has 2 fully saturated rings. The second kappa shape index (κ2) is 6.75. The Kier molecular flexibility index (Phi) is 4.89. The average molecular weight is 340 g/mol. The van der Waals surface area contributed by atoms with Crippen molar-refractivity contribution < 1.29 is 17.9 Å². The molecule has 23 heavy (non-hydrogen) atoms. The molecule has 0 radical (unpaired) electrons. The first kappa shape index (κ1) is 16.7. The first-order chi connectivity index (χ1) is 11.0. The molecule has 3 rings (SSSR count). The smallest absolute Gasteiger partial charge is 0.213 e. The molecule has 0 saturated carbocycles. The Bertz CT molecular complexity index is 612. The third kappa shape index (κ3) is 3.84. The topological polar surface area (TPSA) is 68.7 Å². The Morgan fingerprint density at radius 2 is 2.17 bits per heavy atom. The molecule has 1 aromatic rings. The summed E-state index contributed by atoms with van der Waals surface area (Å²) in [6, 6.07) is 5.62. The number of nitrogens with zero attached hydrogens (tertiary/aromatic N) is 2. The van der Waals surface area contributed by atoms with Crippen molar-refractivity contribution in [1.82, 2.24) is 9.29 Å². The van der Waals surface area contributed by atoms with Crippen LogP contribution < -0.4 is 4.74 Å². The highest BCUT2D eigenvalue weighted by atomic mass is 32.2. The van der Waals surface area contributed by atoms with Gasteiger partial charge in [-0.15, -0.1) is 0 Å². The van der Waals surface area contributed by atoms with E-state index in [1.165, 1.54) is 6.26 Å². The fourth-order valence-electron chi connectivity index (χ4n) is 3.68. The number of sulfonamides is 1. The zero-order valence-corrected chi connectivity index (χ0v) is 14.3. The van der Waals surface area contributed by atoms with Crippen LogP contribution in [0.15, 0.2) is 24.4 Å². The minimum atomic E-state index is -3.10. The van der Waals surface area contributed by atoms with E-state index in [9.17, 15) is 8.42 Å². The second-order valence-corrected chi connectivity index (χ2v) is 8.35. The summed E-state index contributed by atoms with van der Waals surface area (Å²) < 4.78 is 36.6. The number of ether oxygens (including phenoxy) is 2. The van der Waals surface area contributed by atoms with Gasteiger partial charge in [-0.25, -0.2) is 17.7 Å². The molecule has 2 aliphatic rings. The summed E-state index contributed by atoms with van der Waals surface area (Å²) in [6.07, 6.45) is 6.47. The lowest BCUT2D eigenvalue weighted by atomic mass is 9.78. The lowest BCUT2D eigenvalue weighted by molar-refractivity contribution is -0.0588. The first-order valence-electron chi connectivity index (χ1n) is 8.12. The quantitative estimate of drug-likeness (QED) is 0.816. The summed E-state index contributed by atoms with van der Waals surface area (Å²) in [4.78, 5) is 4.16. The van der Waals surface area contributed by atoms with Crippen molar-refractivity contribution in [2.45, 2.75) is 31.3 Å². The molecule has 2 aliphatic heterocycles. The van der Waals surface area contributed by atoms with Crippen molar-refractivity contribution in [3.05, 3.63) is 24.4 Å². The van der Waals surface area contributed by atoms with E-state index in [2.05, 4.69) is 4.98 Å². The second-order valence-electron chi connectivity index (χ2n) is 6.37. The molecule has 1 aromatic heterocycles. The van der Waals surface area contributed by atoms with Gasteiger partial charge in [-0.2, -0.15) is 0 Å². The summed E-state index contributed by atoms with van der Waals surface area (Å²) in [5.74, 6) is 1.07. The standard InChI is InChI=1S/C16H24N2O4S/c1-23(19,20)18-10-7-16(8-11-18)14(6-13-22-16)5-12-21-15-4-2-3-9-17-15/h2-4,9,14H,5-8,10-13H2,1H3. The van der Waals surface area contributed by atoms with Gasteiger partial charge in [-0.05, 0) is 37.7 Å². The van der Waals surface area contributed by atoms with Crippen LogP contribution in [0.4, 0.5) is 0 Å². The normalized spacial score (nSPS) is 24.8. The summed E-state index contributed by atoms with van der Waals surface area (Å²) >= 11 is 0. The summed E-state index contributed by atoms with van der Waals surface area (Å²) in [5, 5.41) is 0. The molecule has 0 amide bonds. The fraction of sp³-hybridized carbons (Fsp3) is 0.688. The van der Waals surface area contributed by atoms with Gasteiger partial charge in [0.1, 0.15) is 0 Å². The van der Waals surface area contributed by atoms with Gasteiger partial charge in [0.25, 0.3) is 0 Å². The van der Waals surface area contributed by atoms with Gasteiger partial charge in [0.15, 0.2) is 0 Å². The molecule has 0 bridgehead atoms. The Labute approximate surface area is 137 Å².